The highest BCUT2D eigenvalue weighted by atomic mass is 28.3. The van der Waals surface area contributed by atoms with E-state index < -0.39 is 37.7 Å². The molecule has 0 aromatic carbocycles. The monoisotopic (exact) mass is 452 g/mol. The van der Waals surface area contributed by atoms with Gasteiger partial charge in [0, 0.05) is 23.6 Å². The van der Waals surface area contributed by atoms with Gasteiger partial charge in [-0.3, -0.25) is 0 Å². The fraction of sp³-hybridized carbons (Fsp3) is 0.250. The van der Waals surface area contributed by atoms with E-state index in [9.17, 15) is 22.4 Å². The Balaban J connectivity index is 0.000000207. The molecule has 164 valence electrons. The van der Waals surface area contributed by atoms with Crippen molar-refractivity contribution < 1.29 is 27.1 Å². The number of aromatic nitrogens is 4. The fourth-order valence-electron chi connectivity index (χ4n) is 3.03. The van der Waals surface area contributed by atoms with Crippen LogP contribution < -0.4 is 5.19 Å². The lowest BCUT2D eigenvalue weighted by molar-refractivity contribution is 0.155. The maximum absolute atomic E-state index is 14.5. The van der Waals surface area contributed by atoms with Gasteiger partial charge in [-0.15, -0.1) is 0 Å². The molecule has 0 unspecified atom stereocenters. The first-order valence-electron chi connectivity index (χ1n) is 9.37. The zero-order valence-corrected chi connectivity index (χ0v) is 18.3. The quantitative estimate of drug-likeness (QED) is 0.272. The molecular formula is C20H20F4N4O2Si. The second-order valence-electron chi connectivity index (χ2n) is 7.63. The van der Waals surface area contributed by atoms with E-state index in [1.807, 2.05) is 19.6 Å². The summed E-state index contributed by atoms with van der Waals surface area (Å²) in [6, 6.07) is 3.69. The summed E-state index contributed by atoms with van der Waals surface area (Å²) in [6.07, 6.45) is 2.15. The van der Waals surface area contributed by atoms with Crippen LogP contribution >= 0.6 is 0 Å². The van der Waals surface area contributed by atoms with Gasteiger partial charge in [0.15, 0.2) is 5.65 Å². The standard InChI is InChI=1S/C13H16F2N2O2Si.C7H4F2N2/c1-5-19-13(18)17-7-6-8-9(14)10(20(2,3)4)11(15)16-12(8)17;8-5-3-6(9)11-7-4(5)1-2-10-7/h6-7H,5H2,1-4H3;1-3H,(H,10,11). The summed E-state index contributed by atoms with van der Waals surface area (Å²) in [5.41, 5.74) is 0.183. The van der Waals surface area contributed by atoms with E-state index in [0.29, 0.717) is 5.39 Å². The maximum Gasteiger partial charge on any atom is 0.419 e. The normalized spacial score (nSPS) is 11.5. The molecule has 0 aliphatic rings. The lowest BCUT2D eigenvalue weighted by atomic mass is 10.3. The van der Waals surface area contributed by atoms with E-state index in [-0.39, 0.29) is 28.5 Å². The predicted octanol–water partition coefficient (Wildman–Crippen LogP) is 4.71. The number of hydrogen-bond donors (Lipinski definition) is 1. The summed E-state index contributed by atoms with van der Waals surface area (Å²) < 4.78 is 59.6. The van der Waals surface area contributed by atoms with Crippen molar-refractivity contribution in [1.82, 2.24) is 19.5 Å². The molecule has 0 aliphatic carbocycles. The Bertz CT molecular complexity index is 1260. The molecule has 0 aliphatic heterocycles. The van der Waals surface area contributed by atoms with E-state index in [1.165, 1.54) is 24.5 Å². The number of H-pyrrole nitrogens is 1. The Morgan fingerprint density at radius 3 is 2.48 bits per heavy atom. The number of hydrogen-bond acceptors (Lipinski definition) is 4. The smallest absolute Gasteiger partial charge is 0.419 e. The summed E-state index contributed by atoms with van der Waals surface area (Å²) in [4.78, 5) is 21.5. The molecule has 4 rings (SSSR count). The number of rotatable bonds is 2. The minimum absolute atomic E-state index is 0.0478. The van der Waals surface area contributed by atoms with Crippen molar-refractivity contribution in [2.75, 3.05) is 6.61 Å². The lowest BCUT2D eigenvalue weighted by Gasteiger charge is -2.18. The highest BCUT2D eigenvalue weighted by molar-refractivity contribution is 6.88. The molecule has 0 spiro atoms. The molecular weight excluding hydrogens is 432 g/mol. The summed E-state index contributed by atoms with van der Waals surface area (Å²) in [5, 5.41) is 0.495. The number of carbonyl (C=O) groups is 1. The number of ether oxygens (including phenoxy) is 1. The summed E-state index contributed by atoms with van der Waals surface area (Å²) >= 11 is 0. The molecule has 0 fully saturated rings. The lowest BCUT2D eigenvalue weighted by Crippen LogP contribution is -2.43. The van der Waals surface area contributed by atoms with Crippen LogP contribution in [0.25, 0.3) is 22.1 Å². The Hall–Kier alpha value is -3.21. The largest absolute Gasteiger partial charge is 0.449 e. The van der Waals surface area contributed by atoms with E-state index in [4.69, 9.17) is 4.74 Å². The van der Waals surface area contributed by atoms with Crippen LogP contribution in [0.5, 0.6) is 0 Å². The van der Waals surface area contributed by atoms with Crippen molar-refractivity contribution in [3.63, 3.8) is 0 Å². The second kappa shape index (κ2) is 8.50. The molecule has 0 saturated heterocycles. The highest BCUT2D eigenvalue weighted by Crippen LogP contribution is 2.20. The first-order valence-corrected chi connectivity index (χ1v) is 12.9. The van der Waals surface area contributed by atoms with Crippen LogP contribution in [0.15, 0.2) is 30.6 Å². The van der Waals surface area contributed by atoms with Crippen molar-refractivity contribution in [3.8, 4) is 0 Å². The predicted molar refractivity (Wildman–Crippen MR) is 111 cm³/mol. The molecule has 0 bridgehead atoms. The van der Waals surface area contributed by atoms with E-state index in [2.05, 4.69) is 15.0 Å². The van der Waals surface area contributed by atoms with Gasteiger partial charge >= 0.3 is 6.09 Å². The van der Waals surface area contributed by atoms with Gasteiger partial charge in [0.25, 0.3) is 0 Å². The van der Waals surface area contributed by atoms with Crippen LogP contribution in [0.4, 0.5) is 22.4 Å². The average Bonchev–Trinajstić information content (AvgIpc) is 3.28. The van der Waals surface area contributed by atoms with Gasteiger partial charge in [-0.2, -0.15) is 8.78 Å². The molecule has 4 aromatic rings. The highest BCUT2D eigenvalue weighted by Gasteiger charge is 2.29. The van der Waals surface area contributed by atoms with Gasteiger partial charge in [0.1, 0.15) is 17.3 Å². The number of fused-ring (bicyclic) bond motifs is 2. The van der Waals surface area contributed by atoms with Gasteiger partial charge in [0.2, 0.25) is 11.9 Å². The number of nitrogens with zero attached hydrogens (tertiary/aromatic N) is 3. The zero-order valence-electron chi connectivity index (χ0n) is 17.3. The van der Waals surface area contributed by atoms with Gasteiger partial charge < -0.3 is 9.72 Å². The molecule has 0 radical (unpaired) electrons. The van der Waals surface area contributed by atoms with Crippen molar-refractivity contribution in [2.45, 2.75) is 26.6 Å². The van der Waals surface area contributed by atoms with Crippen LogP contribution in [0.1, 0.15) is 6.92 Å². The number of pyridine rings is 2. The van der Waals surface area contributed by atoms with E-state index in [1.54, 1.807) is 6.92 Å². The molecule has 0 amide bonds. The summed E-state index contributed by atoms with van der Waals surface area (Å²) in [5.74, 6) is -2.88. The molecule has 0 atom stereocenters. The van der Waals surface area contributed by atoms with Crippen LogP contribution in [-0.2, 0) is 4.74 Å². The maximum atomic E-state index is 14.5. The fourth-order valence-corrected chi connectivity index (χ4v) is 4.50. The zero-order chi connectivity index (χ0) is 22.9. The van der Waals surface area contributed by atoms with Gasteiger partial charge in [-0.1, -0.05) is 19.6 Å². The second-order valence-corrected chi connectivity index (χ2v) is 12.6. The number of aromatic amines is 1. The third-order valence-electron chi connectivity index (χ3n) is 4.39. The molecule has 4 heterocycles. The van der Waals surface area contributed by atoms with Crippen LogP contribution in [0.3, 0.4) is 0 Å². The first kappa shape index (κ1) is 22.5. The molecule has 11 heteroatoms. The first-order chi connectivity index (χ1) is 14.5. The van der Waals surface area contributed by atoms with Crippen LogP contribution in [0.2, 0.25) is 19.6 Å². The molecule has 6 nitrogen and oxygen atoms in total. The number of carbonyl (C=O) groups excluding carboxylic acids is 1. The van der Waals surface area contributed by atoms with Crippen molar-refractivity contribution in [3.05, 3.63) is 54.1 Å². The molecule has 4 aromatic heterocycles. The van der Waals surface area contributed by atoms with Gasteiger partial charge in [-0.05, 0) is 19.1 Å². The summed E-state index contributed by atoms with van der Waals surface area (Å²) in [6.45, 7) is 7.34. The molecule has 0 saturated carbocycles. The number of nitrogens with one attached hydrogen (secondary N) is 1. The van der Waals surface area contributed by atoms with Crippen LogP contribution in [0, 0.1) is 23.5 Å². The topological polar surface area (TPSA) is 72.8 Å². The molecule has 1 N–H and O–H groups in total. The van der Waals surface area contributed by atoms with E-state index >= 15 is 0 Å². The molecule has 31 heavy (non-hydrogen) atoms. The Kier molecular flexibility index (Phi) is 6.16. The Labute approximate surface area is 175 Å². The third kappa shape index (κ3) is 4.45. The van der Waals surface area contributed by atoms with Crippen molar-refractivity contribution in [2.24, 2.45) is 0 Å². The van der Waals surface area contributed by atoms with Gasteiger partial charge in [-0.25, -0.2) is 28.1 Å². The Morgan fingerprint density at radius 2 is 1.84 bits per heavy atom. The van der Waals surface area contributed by atoms with Gasteiger partial charge in [0.05, 0.1) is 25.5 Å². The minimum Gasteiger partial charge on any atom is -0.449 e. The average molecular weight is 452 g/mol. The van der Waals surface area contributed by atoms with E-state index in [0.717, 1.165) is 10.6 Å². The van der Waals surface area contributed by atoms with Crippen molar-refractivity contribution in [1.29, 1.82) is 0 Å². The minimum atomic E-state index is -2.21. The SMILES string of the molecule is CCOC(=O)n1ccc2c(F)c([Si](C)(C)C)c(F)nc21.Fc1cc(F)c2cc[nH]c2n1. The number of halogens is 4. The van der Waals surface area contributed by atoms with Crippen molar-refractivity contribution >= 4 is 41.4 Å². The third-order valence-corrected chi connectivity index (χ3v) is 6.31. The summed E-state index contributed by atoms with van der Waals surface area (Å²) in [7, 11) is -2.21. The Morgan fingerprint density at radius 1 is 1.13 bits per heavy atom. The van der Waals surface area contributed by atoms with Crippen LogP contribution in [-0.4, -0.2) is 40.3 Å².